The molecular formula is C25H26F2N2O3. The third-order valence-electron chi connectivity index (χ3n) is 5.90. The van der Waals surface area contributed by atoms with Gasteiger partial charge < -0.3 is 20.2 Å². The number of nitrogens with one attached hydrogen (secondary N) is 2. The van der Waals surface area contributed by atoms with Gasteiger partial charge in [-0.05, 0) is 60.2 Å². The van der Waals surface area contributed by atoms with Crippen molar-refractivity contribution in [2.45, 2.75) is 43.9 Å². The molecule has 0 radical (unpaired) electrons. The maximum absolute atomic E-state index is 13.6. The van der Waals surface area contributed by atoms with Crippen molar-refractivity contribution >= 4 is 5.91 Å². The molecule has 3 N–H and O–H groups in total. The zero-order chi connectivity index (χ0) is 22.7. The average Bonchev–Trinajstić information content (AvgIpc) is 3.33. The molecule has 0 spiro atoms. The number of rotatable bonds is 9. The Bertz CT molecular complexity index is 1060. The van der Waals surface area contributed by atoms with Crippen LogP contribution in [0.25, 0.3) is 11.1 Å². The Morgan fingerprint density at radius 2 is 1.88 bits per heavy atom. The lowest BCUT2D eigenvalue weighted by Crippen LogP contribution is -2.49. The molecule has 1 saturated carbocycles. The predicted molar refractivity (Wildman–Crippen MR) is 117 cm³/mol. The zero-order valence-electron chi connectivity index (χ0n) is 17.8. The van der Waals surface area contributed by atoms with Gasteiger partial charge in [-0.15, -0.1) is 0 Å². The molecule has 1 aliphatic carbocycles. The van der Waals surface area contributed by atoms with Gasteiger partial charge in [0.2, 0.25) is 5.91 Å². The minimum atomic E-state index is -0.945. The molecule has 4 rings (SSSR count). The molecule has 3 aromatic rings. The molecule has 0 aliphatic heterocycles. The highest BCUT2D eigenvalue weighted by atomic mass is 19.1. The topological polar surface area (TPSA) is 74.5 Å². The largest absolute Gasteiger partial charge is 0.472 e. The standard InChI is InChI=1S/C25H26F2N2O3/c1-16(30)29-23(11-17-9-21(26)13-22(27)10-17)24(31)14-28-25(6-7-25)20-4-2-3-18(12-20)19-5-8-32-15-19/h2-5,8-10,12-13,15,23-24,28,31H,6-7,11,14H2,1H3,(H,29,30)/t23-,24-/m0/s1. The molecule has 1 heterocycles. The summed E-state index contributed by atoms with van der Waals surface area (Å²) >= 11 is 0. The molecule has 168 valence electrons. The molecule has 0 unspecified atom stereocenters. The Balaban J connectivity index is 1.45. The van der Waals surface area contributed by atoms with Gasteiger partial charge in [0.05, 0.1) is 24.7 Å². The lowest BCUT2D eigenvalue weighted by atomic mass is 9.97. The number of carbonyl (C=O) groups excluding carboxylic acids is 1. The highest BCUT2D eigenvalue weighted by molar-refractivity contribution is 5.73. The number of halogens is 2. The van der Waals surface area contributed by atoms with Crippen LogP contribution in [0.1, 0.15) is 30.9 Å². The van der Waals surface area contributed by atoms with Gasteiger partial charge in [0, 0.05) is 30.6 Å². The van der Waals surface area contributed by atoms with Gasteiger partial charge in [0.1, 0.15) is 11.6 Å². The summed E-state index contributed by atoms with van der Waals surface area (Å²) in [4.78, 5) is 11.7. The molecule has 1 aliphatic rings. The SMILES string of the molecule is CC(=O)N[C@@H](Cc1cc(F)cc(F)c1)[C@@H](O)CNC1(c2cccc(-c3ccoc3)c2)CC1. The van der Waals surface area contributed by atoms with E-state index in [0.29, 0.717) is 5.56 Å². The molecule has 1 fully saturated rings. The van der Waals surface area contributed by atoms with E-state index in [1.165, 1.54) is 19.1 Å². The van der Waals surface area contributed by atoms with Crippen molar-refractivity contribution in [3.63, 3.8) is 0 Å². The molecule has 0 saturated heterocycles. The lowest BCUT2D eigenvalue weighted by molar-refractivity contribution is -0.120. The maximum atomic E-state index is 13.6. The van der Waals surface area contributed by atoms with E-state index in [4.69, 9.17) is 4.42 Å². The number of hydrogen-bond acceptors (Lipinski definition) is 4. The molecule has 0 bridgehead atoms. The van der Waals surface area contributed by atoms with Gasteiger partial charge in [-0.2, -0.15) is 0 Å². The summed E-state index contributed by atoms with van der Waals surface area (Å²) in [6, 6.07) is 12.6. The van der Waals surface area contributed by atoms with Crippen LogP contribution in [-0.2, 0) is 16.8 Å². The second-order valence-corrected chi connectivity index (χ2v) is 8.41. The van der Waals surface area contributed by atoms with Crippen LogP contribution in [-0.4, -0.2) is 29.7 Å². The van der Waals surface area contributed by atoms with Crippen LogP contribution in [0.3, 0.4) is 0 Å². The van der Waals surface area contributed by atoms with Crippen LogP contribution in [0.4, 0.5) is 8.78 Å². The van der Waals surface area contributed by atoms with Gasteiger partial charge in [0.15, 0.2) is 0 Å². The van der Waals surface area contributed by atoms with E-state index in [2.05, 4.69) is 22.8 Å². The van der Waals surface area contributed by atoms with Crippen molar-refractivity contribution in [1.29, 1.82) is 0 Å². The highest BCUT2D eigenvalue weighted by Gasteiger charge is 2.44. The smallest absolute Gasteiger partial charge is 0.217 e. The predicted octanol–water partition coefficient (Wildman–Crippen LogP) is 3.91. The van der Waals surface area contributed by atoms with Crippen molar-refractivity contribution in [2.75, 3.05) is 6.54 Å². The quantitative estimate of drug-likeness (QED) is 0.472. The first-order valence-corrected chi connectivity index (χ1v) is 10.6. The molecule has 7 heteroatoms. The van der Waals surface area contributed by atoms with Gasteiger partial charge in [0.25, 0.3) is 0 Å². The average molecular weight is 440 g/mol. The van der Waals surface area contributed by atoms with Crippen LogP contribution in [0.5, 0.6) is 0 Å². The van der Waals surface area contributed by atoms with Crippen molar-refractivity contribution in [3.05, 3.63) is 83.8 Å². The molecule has 5 nitrogen and oxygen atoms in total. The van der Waals surface area contributed by atoms with Gasteiger partial charge in [-0.1, -0.05) is 18.2 Å². The number of hydrogen-bond donors (Lipinski definition) is 3. The van der Waals surface area contributed by atoms with Crippen molar-refractivity contribution in [3.8, 4) is 11.1 Å². The summed E-state index contributed by atoms with van der Waals surface area (Å²) in [5.41, 5.74) is 3.29. The molecular weight excluding hydrogens is 414 g/mol. The van der Waals surface area contributed by atoms with Crippen molar-refractivity contribution in [2.24, 2.45) is 0 Å². The van der Waals surface area contributed by atoms with Gasteiger partial charge in [-0.25, -0.2) is 8.78 Å². The number of aliphatic hydroxyl groups is 1. The second-order valence-electron chi connectivity index (χ2n) is 8.41. The second kappa shape index (κ2) is 9.22. The molecule has 32 heavy (non-hydrogen) atoms. The summed E-state index contributed by atoms with van der Waals surface area (Å²) in [6.07, 6.45) is 4.35. The Hall–Kier alpha value is -3.03. The van der Waals surface area contributed by atoms with Crippen LogP contribution in [0.15, 0.2) is 65.5 Å². The van der Waals surface area contributed by atoms with Gasteiger partial charge >= 0.3 is 0 Å². The fourth-order valence-corrected chi connectivity index (χ4v) is 4.09. The summed E-state index contributed by atoms with van der Waals surface area (Å²) in [5.74, 6) is -1.70. The molecule has 1 amide bonds. The van der Waals surface area contributed by atoms with E-state index in [1.807, 2.05) is 18.2 Å². The van der Waals surface area contributed by atoms with Gasteiger partial charge in [-0.3, -0.25) is 4.79 Å². The van der Waals surface area contributed by atoms with Crippen molar-refractivity contribution in [1.82, 2.24) is 10.6 Å². The number of benzene rings is 2. The highest BCUT2D eigenvalue weighted by Crippen LogP contribution is 2.46. The van der Waals surface area contributed by atoms with E-state index < -0.39 is 23.8 Å². The van der Waals surface area contributed by atoms with E-state index in [1.54, 1.807) is 12.5 Å². The van der Waals surface area contributed by atoms with E-state index in [-0.39, 0.29) is 24.4 Å². The Morgan fingerprint density at radius 3 is 2.50 bits per heavy atom. The fourth-order valence-electron chi connectivity index (χ4n) is 4.09. The number of aliphatic hydroxyl groups excluding tert-OH is 1. The Labute approximate surface area is 185 Å². The maximum Gasteiger partial charge on any atom is 0.217 e. The van der Waals surface area contributed by atoms with Crippen LogP contribution >= 0.6 is 0 Å². The number of carbonyl (C=O) groups is 1. The molecule has 2 aromatic carbocycles. The normalized spacial score (nSPS) is 16.4. The van der Waals surface area contributed by atoms with Crippen LogP contribution in [0.2, 0.25) is 0 Å². The van der Waals surface area contributed by atoms with E-state index in [0.717, 1.165) is 35.6 Å². The summed E-state index contributed by atoms with van der Waals surface area (Å²) in [7, 11) is 0. The number of furan rings is 1. The molecule has 1 aromatic heterocycles. The third-order valence-corrected chi connectivity index (χ3v) is 5.90. The van der Waals surface area contributed by atoms with Crippen molar-refractivity contribution < 1.29 is 23.1 Å². The first-order valence-electron chi connectivity index (χ1n) is 10.6. The minimum absolute atomic E-state index is 0.111. The summed E-state index contributed by atoms with van der Waals surface area (Å²) in [6.45, 7) is 1.57. The summed E-state index contributed by atoms with van der Waals surface area (Å²) < 4.78 is 32.3. The minimum Gasteiger partial charge on any atom is -0.472 e. The Kier molecular flexibility index (Phi) is 6.39. The number of amides is 1. The first kappa shape index (κ1) is 22.2. The first-order chi connectivity index (χ1) is 15.3. The Morgan fingerprint density at radius 1 is 1.12 bits per heavy atom. The van der Waals surface area contributed by atoms with Crippen LogP contribution in [0, 0.1) is 11.6 Å². The third kappa shape index (κ3) is 5.23. The lowest BCUT2D eigenvalue weighted by Gasteiger charge is -2.27. The molecule has 2 atom stereocenters. The van der Waals surface area contributed by atoms with E-state index in [9.17, 15) is 18.7 Å². The summed E-state index contributed by atoms with van der Waals surface area (Å²) in [5, 5.41) is 17.0. The monoisotopic (exact) mass is 440 g/mol. The van der Waals surface area contributed by atoms with Crippen LogP contribution < -0.4 is 10.6 Å². The van der Waals surface area contributed by atoms with E-state index >= 15 is 0 Å². The zero-order valence-corrected chi connectivity index (χ0v) is 17.8. The fraction of sp³-hybridized carbons (Fsp3) is 0.320.